The SMILES string of the molecule is CCc1ccccc1N(C)CCC1CCCCN1. The molecule has 100 valence electrons. The largest absolute Gasteiger partial charge is 0.374 e. The molecule has 1 heterocycles. The van der Waals surface area contributed by atoms with Crippen molar-refractivity contribution in [2.75, 3.05) is 25.0 Å². The van der Waals surface area contributed by atoms with E-state index in [1.54, 1.807) is 0 Å². The van der Waals surface area contributed by atoms with Gasteiger partial charge in [-0.15, -0.1) is 0 Å². The molecule has 0 bridgehead atoms. The van der Waals surface area contributed by atoms with E-state index in [1.165, 1.54) is 43.5 Å². The molecule has 0 radical (unpaired) electrons. The van der Waals surface area contributed by atoms with E-state index >= 15 is 0 Å². The molecule has 0 saturated carbocycles. The van der Waals surface area contributed by atoms with Crippen molar-refractivity contribution in [2.45, 2.75) is 45.1 Å². The highest BCUT2D eigenvalue weighted by Crippen LogP contribution is 2.20. The van der Waals surface area contributed by atoms with Gasteiger partial charge in [0, 0.05) is 25.3 Å². The maximum absolute atomic E-state index is 3.63. The van der Waals surface area contributed by atoms with Gasteiger partial charge in [-0.25, -0.2) is 0 Å². The zero-order chi connectivity index (χ0) is 12.8. The quantitative estimate of drug-likeness (QED) is 0.858. The van der Waals surface area contributed by atoms with E-state index in [-0.39, 0.29) is 0 Å². The van der Waals surface area contributed by atoms with E-state index in [0.29, 0.717) is 0 Å². The number of benzene rings is 1. The van der Waals surface area contributed by atoms with Crippen molar-refractivity contribution in [3.63, 3.8) is 0 Å². The molecule has 0 aliphatic carbocycles. The summed E-state index contributed by atoms with van der Waals surface area (Å²) in [4.78, 5) is 2.41. The summed E-state index contributed by atoms with van der Waals surface area (Å²) < 4.78 is 0. The predicted molar refractivity (Wildman–Crippen MR) is 79.3 cm³/mol. The van der Waals surface area contributed by atoms with Crippen LogP contribution < -0.4 is 10.2 Å². The van der Waals surface area contributed by atoms with Crippen LogP contribution >= 0.6 is 0 Å². The average molecular weight is 246 g/mol. The summed E-state index contributed by atoms with van der Waals surface area (Å²) in [6.45, 7) is 4.59. The standard InChI is InChI=1S/C16H26N2/c1-3-14-8-4-5-10-16(14)18(2)13-11-15-9-6-7-12-17-15/h4-5,8,10,15,17H,3,6-7,9,11-13H2,1-2H3. The van der Waals surface area contributed by atoms with Crippen molar-refractivity contribution in [3.8, 4) is 0 Å². The molecule has 1 saturated heterocycles. The fourth-order valence-electron chi connectivity index (χ4n) is 2.82. The number of hydrogen-bond donors (Lipinski definition) is 1. The molecule has 1 aliphatic heterocycles. The highest BCUT2D eigenvalue weighted by atomic mass is 15.1. The monoisotopic (exact) mass is 246 g/mol. The molecule has 1 atom stereocenters. The van der Waals surface area contributed by atoms with Crippen molar-refractivity contribution in [1.29, 1.82) is 0 Å². The summed E-state index contributed by atoms with van der Waals surface area (Å²) in [5.74, 6) is 0. The van der Waals surface area contributed by atoms with Crippen molar-refractivity contribution < 1.29 is 0 Å². The van der Waals surface area contributed by atoms with Crippen molar-refractivity contribution in [2.24, 2.45) is 0 Å². The summed E-state index contributed by atoms with van der Waals surface area (Å²) in [5, 5.41) is 3.63. The summed E-state index contributed by atoms with van der Waals surface area (Å²) in [6.07, 6.45) is 6.47. The van der Waals surface area contributed by atoms with Gasteiger partial charge in [-0.1, -0.05) is 31.5 Å². The van der Waals surface area contributed by atoms with Crippen LogP contribution in [-0.4, -0.2) is 26.2 Å². The van der Waals surface area contributed by atoms with E-state index in [0.717, 1.165) is 19.0 Å². The summed E-state index contributed by atoms with van der Waals surface area (Å²) in [6, 6.07) is 9.50. The third-order valence-corrected chi connectivity index (χ3v) is 4.01. The van der Waals surface area contributed by atoms with Gasteiger partial charge in [-0.05, 0) is 43.9 Å². The van der Waals surface area contributed by atoms with E-state index in [4.69, 9.17) is 0 Å². The Morgan fingerprint density at radius 2 is 2.11 bits per heavy atom. The fraction of sp³-hybridized carbons (Fsp3) is 0.625. The molecule has 18 heavy (non-hydrogen) atoms. The molecule has 1 fully saturated rings. The molecule has 1 aromatic carbocycles. The van der Waals surface area contributed by atoms with E-state index < -0.39 is 0 Å². The Balaban J connectivity index is 1.88. The number of hydrogen-bond acceptors (Lipinski definition) is 2. The number of aryl methyl sites for hydroxylation is 1. The predicted octanol–water partition coefficient (Wildman–Crippen LogP) is 3.22. The van der Waals surface area contributed by atoms with Crippen molar-refractivity contribution in [3.05, 3.63) is 29.8 Å². The third kappa shape index (κ3) is 3.49. The van der Waals surface area contributed by atoms with Crippen LogP contribution in [0.25, 0.3) is 0 Å². The van der Waals surface area contributed by atoms with Crippen LogP contribution in [0.5, 0.6) is 0 Å². The normalized spacial score (nSPS) is 19.8. The molecule has 0 aromatic heterocycles. The minimum Gasteiger partial charge on any atom is -0.374 e. The molecule has 2 heteroatoms. The Morgan fingerprint density at radius 1 is 1.28 bits per heavy atom. The first-order valence-electron chi connectivity index (χ1n) is 7.33. The van der Waals surface area contributed by atoms with Crippen LogP contribution in [0.3, 0.4) is 0 Å². The molecule has 1 aromatic rings. The fourth-order valence-corrected chi connectivity index (χ4v) is 2.82. The van der Waals surface area contributed by atoms with Gasteiger partial charge >= 0.3 is 0 Å². The van der Waals surface area contributed by atoms with Crippen molar-refractivity contribution >= 4 is 5.69 Å². The number of para-hydroxylation sites is 1. The number of rotatable bonds is 5. The van der Waals surface area contributed by atoms with Crippen LogP contribution in [0.1, 0.15) is 38.2 Å². The van der Waals surface area contributed by atoms with E-state index in [1.807, 2.05) is 0 Å². The summed E-state index contributed by atoms with van der Waals surface area (Å²) >= 11 is 0. The molecule has 2 rings (SSSR count). The third-order valence-electron chi connectivity index (χ3n) is 4.01. The number of nitrogens with zero attached hydrogens (tertiary/aromatic N) is 1. The molecule has 0 amide bonds. The topological polar surface area (TPSA) is 15.3 Å². The summed E-state index contributed by atoms with van der Waals surface area (Å²) in [7, 11) is 2.22. The smallest absolute Gasteiger partial charge is 0.0396 e. The average Bonchev–Trinajstić information content (AvgIpc) is 2.45. The molecular formula is C16H26N2. The highest BCUT2D eigenvalue weighted by Gasteiger charge is 2.13. The first kappa shape index (κ1) is 13.4. The van der Waals surface area contributed by atoms with E-state index in [2.05, 4.69) is 48.5 Å². The highest BCUT2D eigenvalue weighted by molar-refractivity contribution is 5.52. The van der Waals surface area contributed by atoms with Crippen LogP contribution in [0.15, 0.2) is 24.3 Å². The van der Waals surface area contributed by atoms with E-state index in [9.17, 15) is 0 Å². The molecule has 0 spiro atoms. The lowest BCUT2D eigenvalue weighted by atomic mass is 10.0. The van der Waals surface area contributed by atoms with Crippen molar-refractivity contribution in [1.82, 2.24) is 5.32 Å². The van der Waals surface area contributed by atoms with Gasteiger partial charge in [0.2, 0.25) is 0 Å². The van der Waals surface area contributed by atoms with Gasteiger partial charge in [-0.3, -0.25) is 0 Å². The first-order chi connectivity index (χ1) is 8.81. The molecular weight excluding hydrogens is 220 g/mol. The zero-order valence-electron chi connectivity index (χ0n) is 11.8. The Labute approximate surface area is 111 Å². The van der Waals surface area contributed by atoms with Crippen LogP contribution in [0.2, 0.25) is 0 Å². The second-order valence-corrected chi connectivity index (χ2v) is 5.34. The molecule has 1 unspecified atom stereocenters. The van der Waals surface area contributed by atoms with Crippen LogP contribution in [0, 0.1) is 0 Å². The maximum atomic E-state index is 3.63. The van der Waals surface area contributed by atoms with Gasteiger partial charge < -0.3 is 10.2 Å². The number of anilines is 1. The minimum absolute atomic E-state index is 0.731. The lowest BCUT2D eigenvalue weighted by molar-refractivity contribution is 0.384. The molecule has 2 nitrogen and oxygen atoms in total. The van der Waals surface area contributed by atoms with Crippen LogP contribution in [0.4, 0.5) is 5.69 Å². The second kappa shape index (κ2) is 6.79. The van der Waals surface area contributed by atoms with Gasteiger partial charge in [0.05, 0.1) is 0 Å². The Bertz CT molecular complexity index is 356. The van der Waals surface area contributed by atoms with Gasteiger partial charge in [0.25, 0.3) is 0 Å². The lowest BCUT2D eigenvalue weighted by Crippen LogP contribution is -2.36. The Kier molecular flexibility index (Phi) is 5.06. The van der Waals surface area contributed by atoms with Gasteiger partial charge in [-0.2, -0.15) is 0 Å². The Hall–Kier alpha value is -1.02. The first-order valence-corrected chi connectivity index (χ1v) is 7.33. The van der Waals surface area contributed by atoms with Crippen LogP contribution in [-0.2, 0) is 6.42 Å². The lowest BCUT2D eigenvalue weighted by Gasteiger charge is -2.27. The van der Waals surface area contributed by atoms with Gasteiger partial charge in [0.1, 0.15) is 0 Å². The molecule has 1 N–H and O–H groups in total. The van der Waals surface area contributed by atoms with Gasteiger partial charge in [0.15, 0.2) is 0 Å². The minimum atomic E-state index is 0.731. The molecule has 1 aliphatic rings. The number of piperidine rings is 1. The maximum Gasteiger partial charge on any atom is 0.0396 e. The summed E-state index contributed by atoms with van der Waals surface area (Å²) in [5.41, 5.74) is 2.85. The Morgan fingerprint density at radius 3 is 2.83 bits per heavy atom. The zero-order valence-corrected chi connectivity index (χ0v) is 11.8. The second-order valence-electron chi connectivity index (χ2n) is 5.34. The number of nitrogens with one attached hydrogen (secondary N) is 1.